The van der Waals surface area contributed by atoms with E-state index in [0.717, 1.165) is 19.3 Å². The number of hydrogen-bond donors (Lipinski definition) is 0. The lowest BCUT2D eigenvalue weighted by atomic mass is 10.1. The molecular weight excluding hydrogens is 250 g/mol. The zero-order valence-electron chi connectivity index (χ0n) is 12.0. The number of unbranched alkanes of at least 4 members (excludes halogenated alkanes) is 3. The smallest absolute Gasteiger partial charge is 0.422 e. The van der Waals surface area contributed by atoms with Crippen LogP contribution in [0.15, 0.2) is 30.3 Å². The largest absolute Gasteiger partial charge is 0.446 e. The Bertz CT molecular complexity index is 487. The zero-order chi connectivity index (χ0) is 14.2. The normalized spacial score (nSPS) is 17.6. The van der Waals surface area contributed by atoms with Crippen LogP contribution in [0.25, 0.3) is 0 Å². The molecule has 1 aromatic rings. The summed E-state index contributed by atoms with van der Waals surface area (Å²) in [6.45, 7) is 2.60. The van der Waals surface area contributed by atoms with Gasteiger partial charge in [0.05, 0.1) is 6.04 Å². The number of cyclic esters (lactones) is 1. The lowest BCUT2D eigenvalue weighted by molar-refractivity contribution is 0.167. The number of carbonyl (C=O) groups excluding carboxylic acids is 1. The molecule has 2 rings (SSSR count). The lowest BCUT2D eigenvalue weighted by Gasteiger charge is -2.14. The Hall–Kier alpha value is -1.95. The van der Waals surface area contributed by atoms with Gasteiger partial charge in [0.25, 0.3) is 0 Å². The molecule has 0 unspecified atom stereocenters. The van der Waals surface area contributed by atoms with Gasteiger partial charge >= 0.3 is 6.09 Å². The number of hydrogen-bond acceptors (Lipinski definition) is 2. The van der Waals surface area contributed by atoms with E-state index < -0.39 is 0 Å². The van der Waals surface area contributed by atoms with Crippen LogP contribution in [0.1, 0.15) is 38.2 Å². The summed E-state index contributed by atoms with van der Waals surface area (Å²) in [6.07, 6.45) is 4.78. The molecule has 0 aliphatic carbocycles. The number of benzene rings is 1. The van der Waals surface area contributed by atoms with Crippen molar-refractivity contribution in [3.05, 3.63) is 35.9 Å². The van der Waals surface area contributed by atoms with Gasteiger partial charge < -0.3 is 4.74 Å². The molecule has 0 saturated carbocycles. The van der Waals surface area contributed by atoms with Crippen LogP contribution < -0.4 is 0 Å². The maximum atomic E-state index is 11.7. The molecule has 1 aliphatic heterocycles. The van der Waals surface area contributed by atoms with E-state index in [-0.39, 0.29) is 12.1 Å². The Morgan fingerprint density at radius 1 is 1.30 bits per heavy atom. The molecule has 20 heavy (non-hydrogen) atoms. The summed E-state index contributed by atoms with van der Waals surface area (Å²) in [5, 5.41) is 0. The number of amides is 1. The summed E-state index contributed by atoms with van der Waals surface area (Å²) in [7, 11) is 0. The maximum Gasteiger partial charge on any atom is 0.422 e. The van der Waals surface area contributed by atoms with E-state index in [1.165, 1.54) is 18.4 Å². The molecule has 0 spiro atoms. The van der Waals surface area contributed by atoms with Gasteiger partial charge in [-0.15, -0.1) is 0 Å². The number of carbonyl (C=O) groups is 1. The van der Waals surface area contributed by atoms with Gasteiger partial charge in [0, 0.05) is 12.5 Å². The lowest BCUT2D eigenvalue weighted by Crippen LogP contribution is -2.30. The SMILES string of the molecule is CCCCCC#CN1C(=O)OC[C@H]1Cc1ccccc1. The molecule has 1 heterocycles. The van der Waals surface area contributed by atoms with Crippen molar-refractivity contribution >= 4 is 6.09 Å². The summed E-state index contributed by atoms with van der Waals surface area (Å²) in [6, 6.07) is 13.1. The van der Waals surface area contributed by atoms with Crippen molar-refractivity contribution < 1.29 is 9.53 Å². The van der Waals surface area contributed by atoms with Crippen LogP contribution in [0.5, 0.6) is 0 Å². The molecular formula is C17H21NO2. The average molecular weight is 271 g/mol. The standard InChI is InChI=1S/C17H21NO2/c1-2-3-4-5-9-12-18-16(14-20-17(18)19)13-15-10-7-6-8-11-15/h6-8,10-11,16H,2-5,13-14H2,1H3/t16-/m1/s1. The fourth-order valence-electron chi connectivity index (χ4n) is 2.24. The number of rotatable bonds is 5. The van der Waals surface area contributed by atoms with E-state index >= 15 is 0 Å². The minimum absolute atomic E-state index is 0.0311. The van der Waals surface area contributed by atoms with Crippen molar-refractivity contribution in [3.8, 4) is 12.0 Å². The van der Waals surface area contributed by atoms with E-state index in [1.54, 1.807) is 4.90 Å². The Labute approximate surface area is 120 Å². The first kappa shape index (κ1) is 14.5. The van der Waals surface area contributed by atoms with Crippen LogP contribution in [0.3, 0.4) is 0 Å². The van der Waals surface area contributed by atoms with Crippen LogP contribution in [0, 0.1) is 12.0 Å². The van der Waals surface area contributed by atoms with Gasteiger partial charge in [-0.2, -0.15) is 0 Å². The fraction of sp³-hybridized carbons (Fsp3) is 0.471. The van der Waals surface area contributed by atoms with E-state index in [0.29, 0.717) is 6.61 Å². The molecule has 3 heteroatoms. The second kappa shape index (κ2) is 7.59. The van der Waals surface area contributed by atoms with Gasteiger partial charge in [0.1, 0.15) is 6.61 Å². The average Bonchev–Trinajstić information content (AvgIpc) is 2.81. The van der Waals surface area contributed by atoms with Crippen LogP contribution in [0.4, 0.5) is 4.79 Å². The minimum atomic E-state index is -0.311. The predicted molar refractivity (Wildman–Crippen MR) is 79.0 cm³/mol. The van der Waals surface area contributed by atoms with Crippen LogP contribution in [0.2, 0.25) is 0 Å². The van der Waals surface area contributed by atoms with Gasteiger partial charge in [-0.3, -0.25) is 0 Å². The first-order valence-electron chi connectivity index (χ1n) is 7.29. The Balaban J connectivity index is 1.93. The highest BCUT2D eigenvalue weighted by atomic mass is 16.6. The van der Waals surface area contributed by atoms with Crippen molar-refractivity contribution in [2.75, 3.05) is 6.61 Å². The van der Waals surface area contributed by atoms with Gasteiger partial charge in [-0.25, -0.2) is 9.69 Å². The Morgan fingerprint density at radius 3 is 2.85 bits per heavy atom. The molecule has 0 N–H and O–H groups in total. The van der Waals surface area contributed by atoms with Gasteiger partial charge in [-0.1, -0.05) is 56.0 Å². The topological polar surface area (TPSA) is 29.5 Å². The molecule has 1 saturated heterocycles. The molecule has 0 bridgehead atoms. The molecule has 1 amide bonds. The van der Waals surface area contributed by atoms with E-state index in [9.17, 15) is 4.79 Å². The summed E-state index contributed by atoms with van der Waals surface area (Å²) in [5.74, 6) is 3.08. The third kappa shape index (κ3) is 4.03. The maximum absolute atomic E-state index is 11.7. The molecule has 106 valence electrons. The second-order valence-corrected chi connectivity index (χ2v) is 5.04. The van der Waals surface area contributed by atoms with Crippen molar-refractivity contribution in [2.24, 2.45) is 0 Å². The highest BCUT2D eigenvalue weighted by Crippen LogP contribution is 2.16. The molecule has 3 nitrogen and oxygen atoms in total. The summed E-state index contributed by atoms with van der Waals surface area (Å²) in [4.78, 5) is 13.3. The summed E-state index contributed by atoms with van der Waals surface area (Å²) < 4.78 is 5.11. The predicted octanol–water partition coefficient (Wildman–Crippen LogP) is 3.59. The molecule has 1 atom stereocenters. The van der Waals surface area contributed by atoms with Gasteiger partial charge in [-0.05, 0) is 18.4 Å². The van der Waals surface area contributed by atoms with Crippen molar-refractivity contribution in [2.45, 2.75) is 45.1 Å². The molecule has 0 aromatic heterocycles. The third-order valence-electron chi connectivity index (χ3n) is 3.38. The van der Waals surface area contributed by atoms with E-state index in [1.807, 2.05) is 18.2 Å². The highest BCUT2D eigenvalue weighted by molar-refractivity contribution is 5.72. The number of nitrogens with zero attached hydrogens (tertiary/aromatic N) is 1. The molecule has 1 fully saturated rings. The van der Waals surface area contributed by atoms with Crippen LogP contribution >= 0.6 is 0 Å². The first-order valence-corrected chi connectivity index (χ1v) is 7.29. The van der Waals surface area contributed by atoms with E-state index in [4.69, 9.17) is 4.74 Å². The first-order chi connectivity index (χ1) is 9.81. The summed E-state index contributed by atoms with van der Waals surface area (Å²) >= 11 is 0. The van der Waals surface area contributed by atoms with Gasteiger partial charge in [0.2, 0.25) is 0 Å². The third-order valence-corrected chi connectivity index (χ3v) is 3.38. The zero-order valence-corrected chi connectivity index (χ0v) is 12.0. The van der Waals surface area contributed by atoms with Crippen LogP contribution in [-0.2, 0) is 11.2 Å². The molecule has 0 radical (unpaired) electrons. The van der Waals surface area contributed by atoms with Crippen molar-refractivity contribution in [3.63, 3.8) is 0 Å². The second-order valence-electron chi connectivity index (χ2n) is 5.04. The number of ether oxygens (including phenoxy) is 1. The summed E-state index contributed by atoms with van der Waals surface area (Å²) in [5.41, 5.74) is 1.20. The fourth-order valence-corrected chi connectivity index (χ4v) is 2.24. The van der Waals surface area contributed by atoms with Crippen molar-refractivity contribution in [1.82, 2.24) is 4.90 Å². The van der Waals surface area contributed by atoms with E-state index in [2.05, 4.69) is 31.0 Å². The monoisotopic (exact) mass is 271 g/mol. The van der Waals surface area contributed by atoms with Crippen LogP contribution in [-0.4, -0.2) is 23.6 Å². The Kier molecular flexibility index (Phi) is 5.49. The quantitative estimate of drug-likeness (QED) is 0.605. The minimum Gasteiger partial charge on any atom is -0.446 e. The Morgan fingerprint density at radius 2 is 2.10 bits per heavy atom. The molecule has 1 aromatic carbocycles. The molecule has 1 aliphatic rings. The highest BCUT2D eigenvalue weighted by Gasteiger charge is 2.31. The van der Waals surface area contributed by atoms with Crippen molar-refractivity contribution in [1.29, 1.82) is 0 Å². The van der Waals surface area contributed by atoms with Gasteiger partial charge in [0.15, 0.2) is 0 Å².